The number of nitrogens with one attached hydrogen (secondary N) is 2. The molecule has 0 fully saturated rings. The minimum absolute atomic E-state index is 0.0168. The number of rotatable bonds is 10. The average molecular weight is 399 g/mol. The number of ether oxygens (including phenoxy) is 1. The molecule has 0 spiro atoms. The number of Topliss-reactive ketones (excluding diaryl/α,β-unsaturated/α-hetero) is 1. The SMILES string of the molecule is CCC(=O)c1ccc(OCCO)c(C(C)(Nc2ccc(C(=N)N)cc2)C(=O)O)c1. The molecule has 0 aromatic heterocycles. The van der Waals surface area contributed by atoms with Crippen LogP contribution in [0.15, 0.2) is 42.5 Å². The fourth-order valence-corrected chi connectivity index (χ4v) is 2.84. The fourth-order valence-electron chi connectivity index (χ4n) is 2.84. The standard InChI is InChI=1S/C21H25N3O5/c1-3-17(26)14-6-9-18(29-11-10-25)16(12-14)21(2,20(27)28)24-15-7-4-13(5-8-15)19(22)23/h4-9,12,24-25H,3,10-11H2,1-2H3,(H3,22,23)(H,27,28). The van der Waals surface area contributed by atoms with Crippen molar-refractivity contribution < 1.29 is 24.5 Å². The molecule has 1 unspecified atom stereocenters. The molecule has 2 aromatic rings. The highest BCUT2D eigenvalue weighted by Gasteiger charge is 2.38. The first-order valence-electron chi connectivity index (χ1n) is 9.10. The number of anilines is 1. The van der Waals surface area contributed by atoms with Gasteiger partial charge in [-0.05, 0) is 49.4 Å². The Balaban J connectivity index is 2.54. The van der Waals surface area contributed by atoms with E-state index in [0.29, 0.717) is 16.8 Å². The van der Waals surface area contributed by atoms with E-state index in [1.165, 1.54) is 19.1 Å². The van der Waals surface area contributed by atoms with Crippen LogP contribution in [0.5, 0.6) is 5.75 Å². The van der Waals surface area contributed by atoms with Crippen molar-refractivity contribution >= 4 is 23.3 Å². The number of nitrogens with two attached hydrogens (primary N) is 1. The summed E-state index contributed by atoms with van der Waals surface area (Å²) in [7, 11) is 0. The molecule has 0 saturated heterocycles. The molecule has 1 atom stereocenters. The Labute approximate surface area is 168 Å². The van der Waals surface area contributed by atoms with Crippen LogP contribution in [-0.2, 0) is 10.3 Å². The number of benzene rings is 2. The van der Waals surface area contributed by atoms with Gasteiger partial charge in [-0.15, -0.1) is 0 Å². The number of hydrogen-bond donors (Lipinski definition) is 5. The summed E-state index contributed by atoms with van der Waals surface area (Å²) in [5, 5.41) is 29.5. The third-order valence-electron chi connectivity index (χ3n) is 4.53. The molecule has 6 N–H and O–H groups in total. The summed E-state index contributed by atoms with van der Waals surface area (Å²) in [4.78, 5) is 24.4. The van der Waals surface area contributed by atoms with E-state index in [0.717, 1.165) is 0 Å². The molecule has 0 aliphatic carbocycles. The van der Waals surface area contributed by atoms with Gasteiger partial charge in [0.2, 0.25) is 0 Å². The first-order valence-corrected chi connectivity index (χ1v) is 9.10. The highest BCUT2D eigenvalue weighted by molar-refractivity contribution is 5.97. The van der Waals surface area contributed by atoms with Crippen molar-refractivity contribution in [2.45, 2.75) is 25.8 Å². The molecule has 0 amide bonds. The lowest BCUT2D eigenvalue weighted by Gasteiger charge is -2.30. The number of hydrogen-bond acceptors (Lipinski definition) is 6. The monoisotopic (exact) mass is 399 g/mol. The van der Waals surface area contributed by atoms with Crippen LogP contribution in [0.4, 0.5) is 5.69 Å². The molecule has 0 bridgehead atoms. The minimum atomic E-state index is -1.63. The first kappa shape index (κ1) is 21.9. The van der Waals surface area contributed by atoms with Crippen LogP contribution in [0, 0.1) is 5.41 Å². The lowest BCUT2D eigenvalue weighted by atomic mass is 9.88. The number of amidine groups is 1. The number of aliphatic hydroxyl groups is 1. The fraction of sp³-hybridized carbons (Fsp3) is 0.286. The van der Waals surface area contributed by atoms with Gasteiger partial charge >= 0.3 is 5.97 Å². The van der Waals surface area contributed by atoms with Gasteiger partial charge in [0.25, 0.3) is 0 Å². The molecule has 0 aliphatic rings. The number of carboxylic acid groups (broad SMARTS) is 1. The van der Waals surface area contributed by atoms with E-state index in [1.54, 1.807) is 37.3 Å². The maximum Gasteiger partial charge on any atom is 0.333 e. The Morgan fingerprint density at radius 1 is 1.17 bits per heavy atom. The van der Waals surface area contributed by atoms with Crippen molar-refractivity contribution in [3.63, 3.8) is 0 Å². The number of carbonyl (C=O) groups excluding carboxylic acids is 1. The van der Waals surface area contributed by atoms with Gasteiger partial charge < -0.3 is 26.0 Å². The molecule has 0 aliphatic heterocycles. The topological polar surface area (TPSA) is 146 Å². The molecule has 29 heavy (non-hydrogen) atoms. The van der Waals surface area contributed by atoms with Crippen molar-refractivity contribution in [2.24, 2.45) is 5.73 Å². The van der Waals surface area contributed by atoms with Crippen LogP contribution in [0.25, 0.3) is 0 Å². The van der Waals surface area contributed by atoms with Gasteiger partial charge in [0, 0.05) is 28.8 Å². The Kier molecular flexibility index (Phi) is 6.95. The molecule has 8 heteroatoms. The van der Waals surface area contributed by atoms with Crippen LogP contribution in [0.1, 0.15) is 41.8 Å². The predicted octanol–water partition coefficient (Wildman–Crippen LogP) is 2.35. The van der Waals surface area contributed by atoms with E-state index in [4.69, 9.17) is 21.0 Å². The number of carboxylic acids is 1. The van der Waals surface area contributed by atoms with E-state index >= 15 is 0 Å². The highest BCUT2D eigenvalue weighted by Crippen LogP contribution is 2.35. The quantitative estimate of drug-likeness (QED) is 0.234. The van der Waals surface area contributed by atoms with E-state index < -0.39 is 11.5 Å². The van der Waals surface area contributed by atoms with Gasteiger partial charge in [-0.1, -0.05) is 6.92 Å². The molecule has 2 aromatic carbocycles. The van der Waals surface area contributed by atoms with Gasteiger partial charge in [-0.3, -0.25) is 10.2 Å². The maximum atomic E-state index is 12.3. The third kappa shape index (κ3) is 4.91. The number of nitrogen functional groups attached to an aromatic ring is 1. The number of ketones is 1. The molecule has 0 heterocycles. The van der Waals surface area contributed by atoms with Crippen LogP contribution in [-0.4, -0.2) is 41.0 Å². The molecular weight excluding hydrogens is 374 g/mol. The molecule has 0 saturated carbocycles. The minimum Gasteiger partial charge on any atom is -0.491 e. The third-order valence-corrected chi connectivity index (χ3v) is 4.53. The smallest absolute Gasteiger partial charge is 0.333 e. The average Bonchev–Trinajstić information content (AvgIpc) is 2.71. The zero-order chi connectivity index (χ0) is 21.6. The Hall–Kier alpha value is -3.39. The largest absolute Gasteiger partial charge is 0.491 e. The first-order chi connectivity index (χ1) is 13.7. The summed E-state index contributed by atoms with van der Waals surface area (Å²) in [6, 6.07) is 11.1. The van der Waals surface area contributed by atoms with Crippen molar-refractivity contribution in [3.05, 3.63) is 59.2 Å². The second-order valence-electron chi connectivity index (χ2n) is 6.61. The lowest BCUT2D eigenvalue weighted by Crippen LogP contribution is -2.41. The molecule has 2 rings (SSSR count). The number of aliphatic carboxylic acids is 1. The van der Waals surface area contributed by atoms with Gasteiger partial charge in [-0.2, -0.15) is 0 Å². The molecular formula is C21H25N3O5. The van der Waals surface area contributed by atoms with Crippen LogP contribution < -0.4 is 15.8 Å². The van der Waals surface area contributed by atoms with Crippen molar-refractivity contribution in [2.75, 3.05) is 18.5 Å². The Bertz CT molecular complexity index is 911. The summed E-state index contributed by atoms with van der Waals surface area (Å²) < 4.78 is 5.53. The van der Waals surface area contributed by atoms with Gasteiger partial charge in [0.15, 0.2) is 11.3 Å². The second kappa shape index (κ2) is 9.20. The molecule has 154 valence electrons. The molecule has 8 nitrogen and oxygen atoms in total. The highest BCUT2D eigenvalue weighted by atomic mass is 16.5. The Morgan fingerprint density at radius 3 is 2.31 bits per heavy atom. The summed E-state index contributed by atoms with van der Waals surface area (Å²) >= 11 is 0. The number of carbonyl (C=O) groups is 2. The number of aliphatic hydroxyl groups excluding tert-OH is 1. The zero-order valence-electron chi connectivity index (χ0n) is 16.4. The van der Waals surface area contributed by atoms with E-state index in [2.05, 4.69) is 5.32 Å². The normalized spacial score (nSPS) is 12.7. The second-order valence-corrected chi connectivity index (χ2v) is 6.61. The van der Waals surface area contributed by atoms with E-state index in [9.17, 15) is 14.7 Å². The molecule has 0 radical (unpaired) electrons. The van der Waals surface area contributed by atoms with Crippen molar-refractivity contribution in [3.8, 4) is 5.75 Å². The summed E-state index contributed by atoms with van der Waals surface area (Å²) in [5.41, 5.74) is 5.45. The van der Waals surface area contributed by atoms with Gasteiger partial charge in [0.05, 0.1) is 6.61 Å². The summed E-state index contributed by atoms with van der Waals surface area (Å²) in [5.74, 6) is -1.14. The summed E-state index contributed by atoms with van der Waals surface area (Å²) in [6.45, 7) is 2.94. The van der Waals surface area contributed by atoms with Gasteiger partial charge in [-0.25, -0.2) is 4.79 Å². The maximum absolute atomic E-state index is 12.3. The van der Waals surface area contributed by atoms with Crippen LogP contribution >= 0.6 is 0 Å². The van der Waals surface area contributed by atoms with E-state index in [-0.39, 0.29) is 42.6 Å². The predicted molar refractivity (Wildman–Crippen MR) is 110 cm³/mol. The lowest BCUT2D eigenvalue weighted by molar-refractivity contribution is -0.142. The van der Waals surface area contributed by atoms with Crippen molar-refractivity contribution in [1.82, 2.24) is 0 Å². The van der Waals surface area contributed by atoms with E-state index in [1.807, 2.05) is 0 Å². The van der Waals surface area contributed by atoms with Crippen LogP contribution in [0.3, 0.4) is 0 Å². The summed E-state index contributed by atoms with van der Waals surface area (Å²) in [6.07, 6.45) is 0.278. The van der Waals surface area contributed by atoms with Crippen molar-refractivity contribution in [1.29, 1.82) is 5.41 Å². The Morgan fingerprint density at radius 2 is 1.79 bits per heavy atom. The zero-order valence-corrected chi connectivity index (χ0v) is 16.4. The van der Waals surface area contributed by atoms with Gasteiger partial charge in [0.1, 0.15) is 18.2 Å². The van der Waals surface area contributed by atoms with Crippen LogP contribution in [0.2, 0.25) is 0 Å².